The first-order valence-corrected chi connectivity index (χ1v) is 9.76. The molecule has 0 radical (unpaired) electrons. The molecule has 1 aromatic heterocycles. The normalized spacial score (nSPS) is 14.1. The van der Waals surface area contributed by atoms with Gasteiger partial charge in [0.05, 0.1) is 5.92 Å². The molecule has 2 atom stereocenters. The van der Waals surface area contributed by atoms with Gasteiger partial charge in [0.25, 0.3) is 0 Å². The molecule has 0 spiro atoms. The van der Waals surface area contributed by atoms with Crippen molar-refractivity contribution in [1.82, 2.24) is 20.6 Å². The Morgan fingerprint density at radius 2 is 1.85 bits per heavy atom. The van der Waals surface area contributed by atoms with Crippen LogP contribution in [-0.2, 0) is 16.0 Å². The lowest BCUT2D eigenvalue weighted by molar-refractivity contribution is -0.161. The van der Waals surface area contributed by atoms with Gasteiger partial charge in [0.2, 0.25) is 0 Å². The molecule has 0 bridgehead atoms. The average molecular weight is 373 g/mol. The third-order valence-corrected chi connectivity index (χ3v) is 4.48. The molecular weight excluding hydrogens is 340 g/mol. The number of esters is 1. The van der Waals surface area contributed by atoms with E-state index in [1.54, 1.807) is 0 Å². The van der Waals surface area contributed by atoms with Crippen LogP contribution in [0.5, 0.6) is 0 Å². The molecule has 6 nitrogen and oxygen atoms in total. The van der Waals surface area contributed by atoms with Gasteiger partial charge in [0.15, 0.2) is 5.82 Å². The minimum atomic E-state index is -0.526. The Morgan fingerprint density at radius 3 is 2.41 bits per heavy atom. The summed E-state index contributed by atoms with van der Waals surface area (Å²) in [5.74, 6) is 0.507. The third kappa shape index (κ3) is 7.12. The van der Waals surface area contributed by atoms with Crippen molar-refractivity contribution < 1.29 is 9.53 Å². The van der Waals surface area contributed by atoms with Crippen molar-refractivity contribution >= 4 is 5.97 Å². The number of carbonyl (C=O) groups is 1. The molecule has 0 fully saturated rings. The molecule has 2 rings (SSSR count). The molecule has 0 saturated heterocycles. The number of aromatic amines is 1. The molecule has 1 N–H and O–H groups in total. The van der Waals surface area contributed by atoms with Crippen LogP contribution in [0.4, 0.5) is 0 Å². The van der Waals surface area contributed by atoms with Gasteiger partial charge in [-0.1, -0.05) is 62.2 Å². The van der Waals surface area contributed by atoms with Crippen molar-refractivity contribution in [3.63, 3.8) is 0 Å². The second-order valence-electron chi connectivity index (χ2n) is 8.53. The zero-order valence-electron chi connectivity index (χ0n) is 17.1. The van der Waals surface area contributed by atoms with Gasteiger partial charge in [-0.3, -0.25) is 4.79 Å². The van der Waals surface area contributed by atoms with E-state index >= 15 is 0 Å². The summed E-state index contributed by atoms with van der Waals surface area (Å²) in [5, 5.41) is 14.7. The smallest absolute Gasteiger partial charge is 0.310 e. The van der Waals surface area contributed by atoms with Crippen LogP contribution in [0.15, 0.2) is 30.3 Å². The number of ether oxygens (including phenoxy) is 1. The van der Waals surface area contributed by atoms with E-state index in [-0.39, 0.29) is 17.8 Å². The quantitative estimate of drug-likeness (QED) is 0.663. The van der Waals surface area contributed by atoms with Crippen LogP contribution in [-0.4, -0.2) is 32.2 Å². The minimum absolute atomic E-state index is 0.173. The first-order valence-electron chi connectivity index (χ1n) is 9.76. The van der Waals surface area contributed by atoms with Gasteiger partial charge in [-0.15, -0.1) is 10.2 Å². The van der Waals surface area contributed by atoms with E-state index in [9.17, 15) is 4.79 Å². The predicted octanol–water partition coefficient (Wildman–Crippen LogP) is 4.31. The van der Waals surface area contributed by atoms with Crippen molar-refractivity contribution in [3.05, 3.63) is 41.7 Å². The highest BCUT2D eigenvalue weighted by Crippen LogP contribution is 2.32. The Kier molecular flexibility index (Phi) is 7.51. The Labute approximate surface area is 162 Å². The lowest BCUT2D eigenvalue weighted by Gasteiger charge is -2.28. The lowest BCUT2D eigenvalue weighted by Crippen LogP contribution is -2.33. The molecule has 27 heavy (non-hydrogen) atoms. The van der Waals surface area contributed by atoms with E-state index in [1.165, 1.54) is 0 Å². The molecule has 0 aliphatic rings. The molecule has 0 unspecified atom stereocenters. The van der Waals surface area contributed by atoms with Crippen molar-refractivity contribution in [1.29, 1.82) is 0 Å². The summed E-state index contributed by atoms with van der Waals surface area (Å²) < 4.78 is 5.75. The number of tetrazole rings is 1. The Morgan fingerprint density at radius 1 is 1.15 bits per heavy atom. The predicted molar refractivity (Wildman–Crippen MR) is 105 cm³/mol. The zero-order chi connectivity index (χ0) is 19.9. The molecule has 2 aromatic rings. The number of H-pyrrole nitrogens is 1. The molecule has 1 heterocycles. The molecule has 6 heteroatoms. The zero-order valence-corrected chi connectivity index (χ0v) is 17.1. The second-order valence-corrected chi connectivity index (χ2v) is 8.53. The van der Waals surface area contributed by atoms with Gasteiger partial charge in [0.1, 0.15) is 5.60 Å². The summed E-state index contributed by atoms with van der Waals surface area (Å²) >= 11 is 0. The van der Waals surface area contributed by atoms with Crippen LogP contribution in [0.3, 0.4) is 0 Å². The van der Waals surface area contributed by atoms with Crippen molar-refractivity contribution in [3.8, 4) is 0 Å². The fourth-order valence-electron chi connectivity index (χ4n) is 3.21. The van der Waals surface area contributed by atoms with Crippen molar-refractivity contribution in [2.45, 2.75) is 71.8 Å². The van der Waals surface area contributed by atoms with E-state index < -0.39 is 5.60 Å². The van der Waals surface area contributed by atoms with E-state index in [1.807, 2.05) is 39.0 Å². The molecule has 1 aromatic carbocycles. The van der Waals surface area contributed by atoms with E-state index in [2.05, 4.69) is 46.6 Å². The number of aromatic nitrogens is 4. The average Bonchev–Trinajstić information content (AvgIpc) is 3.10. The topological polar surface area (TPSA) is 80.8 Å². The van der Waals surface area contributed by atoms with Crippen LogP contribution in [0.2, 0.25) is 0 Å². The lowest BCUT2D eigenvalue weighted by atomic mass is 9.82. The van der Waals surface area contributed by atoms with E-state index in [0.29, 0.717) is 18.2 Å². The van der Waals surface area contributed by atoms with Crippen molar-refractivity contribution in [2.75, 3.05) is 0 Å². The summed E-state index contributed by atoms with van der Waals surface area (Å²) in [6.07, 6.45) is 3.46. The third-order valence-electron chi connectivity index (χ3n) is 4.48. The summed E-state index contributed by atoms with van der Waals surface area (Å²) in [6.45, 7) is 10.1. The van der Waals surface area contributed by atoms with E-state index in [0.717, 1.165) is 24.8 Å². The van der Waals surface area contributed by atoms with Gasteiger partial charge >= 0.3 is 5.97 Å². The minimum Gasteiger partial charge on any atom is -0.460 e. The summed E-state index contributed by atoms with van der Waals surface area (Å²) in [6, 6.07) is 10.1. The van der Waals surface area contributed by atoms with Gasteiger partial charge in [-0.25, -0.2) is 0 Å². The van der Waals surface area contributed by atoms with Gasteiger partial charge < -0.3 is 4.74 Å². The number of nitrogens with zero attached hydrogens (tertiary/aromatic N) is 3. The fraction of sp³-hybridized carbons (Fsp3) is 0.619. The van der Waals surface area contributed by atoms with Crippen LogP contribution in [0, 0.1) is 11.8 Å². The molecule has 0 saturated carbocycles. The van der Waals surface area contributed by atoms with Gasteiger partial charge in [-0.05, 0) is 45.1 Å². The molecular formula is C21H32N4O2. The SMILES string of the molecule is CC(C)CCC[C@H](C(=O)OC(C)(C)C)[C@H](Cc1ccccc1)c1nn[nH]n1. The van der Waals surface area contributed by atoms with Crippen LogP contribution < -0.4 is 0 Å². The first kappa shape index (κ1) is 21.1. The maximum Gasteiger partial charge on any atom is 0.310 e. The highest BCUT2D eigenvalue weighted by molar-refractivity contribution is 5.74. The maximum absolute atomic E-state index is 13.1. The van der Waals surface area contributed by atoms with E-state index in [4.69, 9.17) is 4.74 Å². The van der Waals surface area contributed by atoms with Crippen LogP contribution >= 0.6 is 0 Å². The Bertz CT molecular complexity index is 678. The number of rotatable bonds is 9. The van der Waals surface area contributed by atoms with Crippen LogP contribution in [0.1, 0.15) is 71.2 Å². The number of carbonyl (C=O) groups excluding carboxylic acids is 1. The standard InChI is InChI=1S/C21H32N4O2/c1-15(2)10-9-13-17(20(26)27-21(3,4)5)18(19-22-24-25-23-19)14-16-11-7-6-8-12-16/h6-8,11-12,15,17-18H,9-10,13-14H2,1-5H3,(H,22,23,24,25)/t17-,18-/m0/s1. The largest absolute Gasteiger partial charge is 0.460 e. The number of nitrogens with one attached hydrogen (secondary N) is 1. The molecule has 0 aliphatic carbocycles. The van der Waals surface area contributed by atoms with Crippen LogP contribution in [0.25, 0.3) is 0 Å². The summed E-state index contributed by atoms with van der Waals surface area (Å²) in [7, 11) is 0. The molecule has 0 aliphatic heterocycles. The number of benzene rings is 1. The second kappa shape index (κ2) is 9.62. The molecule has 148 valence electrons. The Hall–Kier alpha value is -2.24. The summed E-state index contributed by atoms with van der Waals surface area (Å²) in [4.78, 5) is 13.1. The Balaban J connectivity index is 2.28. The van der Waals surface area contributed by atoms with Gasteiger partial charge in [-0.2, -0.15) is 5.21 Å². The highest BCUT2D eigenvalue weighted by Gasteiger charge is 2.35. The molecule has 0 amide bonds. The van der Waals surface area contributed by atoms with Gasteiger partial charge in [0, 0.05) is 5.92 Å². The summed E-state index contributed by atoms with van der Waals surface area (Å²) in [5.41, 5.74) is 0.617. The highest BCUT2D eigenvalue weighted by atomic mass is 16.6. The monoisotopic (exact) mass is 372 g/mol. The number of hydrogen-bond acceptors (Lipinski definition) is 5. The fourth-order valence-corrected chi connectivity index (χ4v) is 3.21. The van der Waals surface area contributed by atoms with Crippen molar-refractivity contribution in [2.24, 2.45) is 11.8 Å². The maximum atomic E-state index is 13.1. The first-order chi connectivity index (χ1) is 12.8. The number of hydrogen-bond donors (Lipinski definition) is 1.